The standard InChI is InChI=1S/C26H31N5O3S/c1-33-22-14-19-10-13-30(16-20(19)15-23(22)34-2)25(32)18-35-26-28-27-24(17-29-11-6-7-12-29)31(26)21-8-4-3-5-9-21/h3-5,8-9,14-15H,6-7,10-13,16-18H2,1-2H3. The predicted molar refractivity (Wildman–Crippen MR) is 135 cm³/mol. The van der Waals surface area contributed by atoms with Crippen molar-refractivity contribution in [2.24, 2.45) is 0 Å². The molecule has 1 aromatic heterocycles. The van der Waals surface area contributed by atoms with Gasteiger partial charge in [-0.3, -0.25) is 14.3 Å². The Bertz CT molecular complexity index is 1180. The number of hydrogen-bond acceptors (Lipinski definition) is 7. The van der Waals surface area contributed by atoms with Crippen molar-refractivity contribution in [1.29, 1.82) is 0 Å². The molecule has 3 aromatic rings. The minimum absolute atomic E-state index is 0.0964. The van der Waals surface area contributed by atoms with Crippen molar-refractivity contribution in [3.8, 4) is 17.2 Å². The lowest BCUT2D eigenvalue weighted by atomic mass is 9.99. The molecule has 0 unspecified atom stereocenters. The van der Waals surface area contributed by atoms with Crippen molar-refractivity contribution in [1.82, 2.24) is 24.6 Å². The van der Waals surface area contributed by atoms with Crippen LogP contribution >= 0.6 is 11.8 Å². The van der Waals surface area contributed by atoms with Crippen molar-refractivity contribution in [2.75, 3.05) is 39.6 Å². The minimum Gasteiger partial charge on any atom is -0.493 e. The number of fused-ring (bicyclic) bond motifs is 1. The van der Waals surface area contributed by atoms with Crippen LogP contribution in [-0.2, 0) is 24.3 Å². The van der Waals surface area contributed by atoms with Crippen LogP contribution in [0.1, 0.15) is 29.8 Å². The molecule has 0 saturated carbocycles. The van der Waals surface area contributed by atoms with Gasteiger partial charge in [0.05, 0.1) is 26.5 Å². The van der Waals surface area contributed by atoms with Gasteiger partial charge in [0, 0.05) is 18.8 Å². The highest BCUT2D eigenvalue weighted by Gasteiger charge is 2.25. The third-order valence-corrected chi connectivity index (χ3v) is 7.59. The fourth-order valence-corrected chi connectivity index (χ4v) is 5.66. The Balaban J connectivity index is 1.30. The van der Waals surface area contributed by atoms with E-state index in [9.17, 15) is 4.79 Å². The molecule has 9 heteroatoms. The summed E-state index contributed by atoms with van der Waals surface area (Å²) in [5.41, 5.74) is 3.33. The summed E-state index contributed by atoms with van der Waals surface area (Å²) in [7, 11) is 3.28. The van der Waals surface area contributed by atoms with E-state index in [1.165, 1.54) is 30.2 Å². The van der Waals surface area contributed by atoms with Crippen LogP contribution in [0.4, 0.5) is 0 Å². The first-order chi connectivity index (χ1) is 17.2. The fraction of sp³-hybridized carbons (Fsp3) is 0.423. The maximum Gasteiger partial charge on any atom is 0.233 e. The average Bonchev–Trinajstić information content (AvgIpc) is 3.56. The van der Waals surface area contributed by atoms with Gasteiger partial charge in [0.15, 0.2) is 22.5 Å². The Kier molecular flexibility index (Phi) is 7.24. The van der Waals surface area contributed by atoms with E-state index in [-0.39, 0.29) is 5.91 Å². The van der Waals surface area contributed by atoms with Gasteiger partial charge in [0.1, 0.15) is 0 Å². The number of hydrogen-bond donors (Lipinski definition) is 0. The van der Waals surface area contributed by atoms with E-state index in [0.717, 1.165) is 54.0 Å². The van der Waals surface area contributed by atoms with Crippen molar-refractivity contribution < 1.29 is 14.3 Å². The summed E-state index contributed by atoms with van der Waals surface area (Å²) in [6, 6.07) is 14.2. The predicted octanol–water partition coefficient (Wildman–Crippen LogP) is 3.56. The molecule has 1 saturated heterocycles. The fourth-order valence-electron chi connectivity index (χ4n) is 4.79. The minimum atomic E-state index is 0.0964. The van der Waals surface area contributed by atoms with Crippen molar-refractivity contribution >= 4 is 17.7 Å². The summed E-state index contributed by atoms with van der Waals surface area (Å²) in [4.78, 5) is 17.5. The molecule has 35 heavy (non-hydrogen) atoms. The van der Waals surface area contributed by atoms with Crippen LogP contribution in [0.25, 0.3) is 5.69 Å². The molecule has 0 N–H and O–H groups in total. The maximum atomic E-state index is 13.2. The van der Waals surface area contributed by atoms with Crippen LogP contribution in [0.2, 0.25) is 0 Å². The summed E-state index contributed by atoms with van der Waals surface area (Å²) in [5.74, 6) is 2.75. The highest BCUT2D eigenvalue weighted by molar-refractivity contribution is 7.99. The lowest BCUT2D eigenvalue weighted by molar-refractivity contribution is -0.129. The Morgan fingerprint density at radius 1 is 0.971 bits per heavy atom. The Hall–Kier alpha value is -3.04. The third kappa shape index (κ3) is 5.16. The molecular formula is C26H31N5O3S. The van der Waals surface area contributed by atoms with Gasteiger partial charge in [-0.05, 0) is 67.7 Å². The van der Waals surface area contributed by atoms with Crippen molar-refractivity contribution in [3.05, 3.63) is 59.4 Å². The van der Waals surface area contributed by atoms with Crippen LogP contribution < -0.4 is 9.47 Å². The number of thioether (sulfide) groups is 1. The van der Waals surface area contributed by atoms with E-state index in [1.54, 1.807) is 14.2 Å². The van der Waals surface area contributed by atoms with E-state index >= 15 is 0 Å². The molecule has 1 amide bonds. The molecule has 0 aliphatic carbocycles. The zero-order valence-electron chi connectivity index (χ0n) is 20.3. The molecule has 2 aromatic carbocycles. The van der Waals surface area contributed by atoms with E-state index in [0.29, 0.717) is 24.6 Å². The second kappa shape index (κ2) is 10.7. The molecule has 184 valence electrons. The smallest absolute Gasteiger partial charge is 0.233 e. The first-order valence-electron chi connectivity index (χ1n) is 12.0. The summed E-state index contributed by atoms with van der Waals surface area (Å²) < 4.78 is 13.0. The van der Waals surface area contributed by atoms with Crippen LogP contribution in [0.3, 0.4) is 0 Å². The number of para-hydroxylation sites is 1. The van der Waals surface area contributed by atoms with Gasteiger partial charge >= 0.3 is 0 Å². The van der Waals surface area contributed by atoms with Gasteiger partial charge in [0.25, 0.3) is 0 Å². The summed E-state index contributed by atoms with van der Waals surface area (Å²) in [6.45, 7) is 4.21. The molecule has 3 heterocycles. The van der Waals surface area contributed by atoms with Gasteiger partial charge < -0.3 is 14.4 Å². The molecule has 0 radical (unpaired) electrons. The number of amides is 1. The number of likely N-dealkylation sites (tertiary alicyclic amines) is 1. The van der Waals surface area contributed by atoms with Gasteiger partial charge in [-0.25, -0.2) is 0 Å². The van der Waals surface area contributed by atoms with Crippen LogP contribution in [-0.4, -0.2) is 70.1 Å². The van der Waals surface area contributed by atoms with Crippen LogP contribution in [0.5, 0.6) is 11.5 Å². The first kappa shape index (κ1) is 23.7. The summed E-state index contributed by atoms with van der Waals surface area (Å²) >= 11 is 1.45. The molecule has 0 bridgehead atoms. The monoisotopic (exact) mass is 493 g/mol. The molecule has 5 rings (SSSR count). The normalized spacial score (nSPS) is 15.8. The number of ether oxygens (including phenoxy) is 2. The molecule has 8 nitrogen and oxygen atoms in total. The van der Waals surface area contributed by atoms with Gasteiger partial charge in [0.2, 0.25) is 5.91 Å². The van der Waals surface area contributed by atoms with E-state index < -0.39 is 0 Å². The van der Waals surface area contributed by atoms with Crippen LogP contribution in [0, 0.1) is 0 Å². The quantitative estimate of drug-likeness (QED) is 0.444. The lowest BCUT2D eigenvalue weighted by Crippen LogP contribution is -2.37. The van der Waals surface area contributed by atoms with Crippen LogP contribution in [0.15, 0.2) is 47.6 Å². The number of rotatable bonds is 8. The van der Waals surface area contributed by atoms with E-state index in [2.05, 4.69) is 31.8 Å². The molecule has 0 atom stereocenters. The second-order valence-corrected chi connectivity index (χ2v) is 9.83. The largest absolute Gasteiger partial charge is 0.493 e. The molecule has 2 aliphatic heterocycles. The third-order valence-electron chi connectivity index (χ3n) is 6.67. The first-order valence-corrected chi connectivity index (χ1v) is 13.0. The number of nitrogens with zero attached hydrogens (tertiary/aromatic N) is 5. The number of benzene rings is 2. The van der Waals surface area contributed by atoms with E-state index in [4.69, 9.17) is 9.47 Å². The van der Waals surface area contributed by atoms with Crippen molar-refractivity contribution in [3.63, 3.8) is 0 Å². The zero-order valence-corrected chi connectivity index (χ0v) is 21.1. The number of carbonyl (C=O) groups excluding carboxylic acids is 1. The number of carbonyl (C=O) groups is 1. The Morgan fingerprint density at radius 3 is 2.40 bits per heavy atom. The highest BCUT2D eigenvalue weighted by Crippen LogP contribution is 2.33. The van der Waals surface area contributed by atoms with Crippen molar-refractivity contribution in [2.45, 2.75) is 37.5 Å². The molecular weight excluding hydrogens is 462 g/mol. The van der Waals surface area contributed by atoms with E-state index in [1.807, 2.05) is 35.2 Å². The lowest BCUT2D eigenvalue weighted by Gasteiger charge is -2.29. The molecule has 0 spiro atoms. The second-order valence-electron chi connectivity index (χ2n) is 8.88. The topological polar surface area (TPSA) is 72.7 Å². The summed E-state index contributed by atoms with van der Waals surface area (Å²) in [5, 5.41) is 9.74. The molecule has 2 aliphatic rings. The number of aromatic nitrogens is 3. The highest BCUT2D eigenvalue weighted by atomic mass is 32.2. The number of methoxy groups -OCH3 is 2. The molecule has 1 fully saturated rings. The van der Waals surface area contributed by atoms with Gasteiger partial charge in [-0.2, -0.15) is 0 Å². The van der Waals surface area contributed by atoms with Gasteiger partial charge in [-0.1, -0.05) is 30.0 Å². The average molecular weight is 494 g/mol. The maximum absolute atomic E-state index is 13.2. The Labute approximate surface area is 210 Å². The SMILES string of the molecule is COc1cc2c(cc1OC)CN(C(=O)CSc1nnc(CN3CCCC3)n1-c1ccccc1)CC2. The summed E-state index contributed by atoms with van der Waals surface area (Å²) in [6.07, 6.45) is 3.26. The Morgan fingerprint density at radius 2 is 1.69 bits per heavy atom. The zero-order chi connectivity index (χ0) is 24.2. The van der Waals surface area contributed by atoms with Gasteiger partial charge in [-0.15, -0.1) is 10.2 Å².